The summed E-state index contributed by atoms with van der Waals surface area (Å²) in [4.78, 5) is 14.9. The Morgan fingerprint density at radius 2 is 1.54 bits per heavy atom. The van der Waals surface area contributed by atoms with Crippen molar-refractivity contribution in [2.75, 3.05) is 13.1 Å². The third kappa shape index (κ3) is 3.97. The van der Waals surface area contributed by atoms with Gasteiger partial charge in [-0.2, -0.15) is 8.78 Å². The molecule has 1 heterocycles. The lowest BCUT2D eigenvalue weighted by Gasteiger charge is -2.30. The van der Waals surface area contributed by atoms with E-state index in [9.17, 15) is 27.7 Å². The number of nitro benzene ring substituents is 1. The second kappa shape index (κ2) is 8.37. The van der Waals surface area contributed by atoms with Crippen LogP contribution in [-0.4, -0.2) is 28.7 Å². The normalized spacial score (nSPS) is 15.0. The quantitative estimate of drug-likeness (QED) is 0.185. The molecule has 0 aromatic heterocycles. The van der Waals surface area contributed by atoms with Crippen molar-refractivity contribution < 1.29 is 22.5 Å². The van der Waals surface area contributed by atoms with Crippen molar-refractivity contribution in [3.63, 3.8) is 0 Å². The third-order valence-electron chi connectivity index (χ3n) is 4.57. The topological polar surface area (TPSA) is 58.7 Å². The van der Waals surface area contributed by atoms with E-state index in [1.54, 1.807) is 24.3 Å². The summed E-state index contributed by atoms with van der Waals surface area (Å²) in [7, 11) is 0. The van der Waals surface area contributed by atoms with Crippen LogP contribution >= 0.6 is 0 Å². The Kier molecular flexibility index (Phi) is 5.91. The Labute approximate surface area is 158 Å². The molecule has 0 aliphatic carbocycles. The fourth-order valence-corrected chi connectivity index (χ4v) is 3.15. The molecule has 0 N–H and O–H groups in total. The van der Waals surface area contributed by atoms with Crippen LogP contribution < -0.4 is 0 Å². The monoisotopic (exact) mass is 395 g/mol. The number of nitrogens with zero attached hydrogens (tertiary/aromatic N) is 3. The third-order valence-corrected chi connectivity index (χ3v) is 4.57. The average Bonchev–Trinajstić information content (AvgIpc) is 2.70. The zero-order chi connectivity index (χ0) is 20.3. The van der Waals surface area contributed by atoms with Gasteiger partial charge in [-0.25, -0.2) is 13.8 Å². The van der Waals surface area contributed by atoms with Crippen LogP contribution in [0.2, 0.25) is 0 Å². The number of rotatable bonds is 4. The molecule has 5 nitrogen and oxygen atoms in total. The minimum absolute atomic E-state index is 0.194. The van der Waals surface area contributed by atoms with Gasteiger partial charge in [-0.05, 0) is 24.8 Å². The largest absolute Gasteiger partial charge is 0.360 e. The molecule has 2 aromatic rings. The minimum atomic E-state index is -2.07. The highest BCUT2D eigenvalue weighted by Gasteiger charge is 2.33. The van der Waals surface area contributed by atoms with Gasteiger partial charge in [0, 0.05) is 19.5 Å². The van der Waals surface area contributed by atoms with Gasteiger partial charge in [-0.1, -0.05) is 30.3 Å². The fourth-order valence-electron chi connectivity index (χ4n) is 3.15. The fraction of sp³-hybridized carbons (Fsp3) is 0.316. The number of likely N-dealkylation sites (tertiary alicyclic amines) is 1. The molecule has 1 fully saturated rings. The van der Waals surface area contributed by atoms with E-state index in [2.05, 4.69) is 4.99 Å². The molecule has 3 rings (SSSR count). The van der Waals surface area contributed by atoms with Crippen LogP contribution in [-0.2, 0) is 6.42 Å². The van der Waals surface area contributed by atoms with Gasteiger partial charge in [0.05, 0.1) is 4.92 Å². The molecule has 0 unspecified atom stereocenters. The first-order chi connectivity index (χ1) is 13.4. The standard InChI is InChI=1S/C19H17F4N3O2/c20-14-16(22)19(26(27)28)17(23)15(21)18(14)24-13(25-9-5-2-6-10-25)11-12-7-3-1-4-8-12/h1,3-4,7-8H,2,5-6,9-11H2. The number of hydrogen-bond acceptors (Lipinski definition) is 3. The van der Waals surface area contributed by atoms with E-state index in [0.717, 1.165) is 24.8 Å². The van der Waals surface area contributed by atoms with Crippen molar-refractivity contribution in [2.24, 2.45) is 4.99 Å². The summed E-state index contributed by atoms with van der Waals surface area (Å²) in [5.74, 6) is -7.65. The van der Waals surface area contributed by atoms with Gasteiger partial charge >= 0.3 is 5.69 Å². The van der Waals surface area contributed by atoms with E-state index in [0.29, 0.717) is 13.1 Å². The molecule has 0 spiro atoms. The van der Waals surface area contributed by atoms with Crippen LogP contribution in [0.15, 0.2) is 35.3 Å². The number of halogens is 4. The first kappa shape index (κ1) is 19.8. The van der Waals surface area contributed by atoms with E-state index in [-0.39, 0.29) is 12.3 Å². The minimum Gasteiger partial charge on any atom is -0.360 e. The second-order valence-electron chi connectivity index (χ2n) is 6.45. The SMILES string of the molecule is O=[N+]([O-])c1c(F)c(F)c(N=C(Cc2ccccc2)N2CCCCC2)c(F)c1F. The summed E-state index contributed by atoms with van der Waals surface area (Å²) in [5, 5.41) is 10.7. The molecule has 0 atom stereocenters. The van der Waals surface area contributed by atoms with Gasteiger partial charge in [0.15, 0.2) is 11.6 Å². The van der Waals surface area contributed by atoms with Gasteiger partial charge < -0.3 is 4.90 Å². The van der Waals surface area contributed by atoms with Crippen LogP contribution in [0.5, 0.6) is 0 Å². The van der Waals surface area contributed by atoms with Gasteiger partial charge in [-0.3, -0.25) is 10.1 Å². The molecule has 148 valence electrons. The molecular weight excluding hydrogens is 378 g/mol. The Balaban J connectivity index is 2.10. The maximum atomic E-state index is 14.3. The highest BCUT2D eigenvalue weighted by atomic mass is 19.2. The lowest BCUT2D eigenvalue weighted by molar-refractivity contribution is -0.390. The van der Waals surface area contributed by atoms with Crippen LogP contribution in [0.3, 0.4) is 0 Å². The Hall–Kier alpha value is -2.97. The predicted molar refractivity (Wildman–Crippen MR) is 95.6 cm³/mol. The molecule has 1 aliphatic heterocycles. The Morgan fingerprint density at radius 1 is 0.964 bits per heavy atom. The van der Waals surface area contributed by atoms with Gasteiger partial charge in [-0.15, -0.1) is 0 Å². The Bertz CT molecular complexity index is 884. The first-order valence-corrected chi connectivity index (χ1v) is 8.77. The van der Waals surface area contributed by atoms with Crippen molar-refractivity contribution in [3.8, 4) is 0 Å². The molecule has 1 saturated heterocycles. The van der Waals surface area contributed by atoms with Gasteiger partial charge in [0.1, 0.15) is 11.5 Å². The first-order valence-electron chi connectivity index (χ1n) is 8.77. The number of amidine groups is 1. The molecule has 0 amide bonds. The van der Waals surface area contributed by atoms with Crippen LogP contribution in [0.4, 0.5) is 28.9 Å². The van der Waals surface area contributed by atoms with E-state index in [1.165, 1.54) is 0 Å². The molecule has 2 aromatic carbocycles. The van der Waals surface area contributed by atoms with Crippen molar-refractivity contribution in [1.29, 1.82) is 0 Å². The summed E-state index contributed by atoms with van der Waals surface area (Å²) in [6, 6.07) is 8.97. The van der Waals surface area contributed by atoms with Crippen molar-refractivity contribution >= 4 is 17.2 Å². The molecule has 28 heavy (non-hydrogen) atoms. The maximum Gasteiger partial charge on any atom is 0.346 e. The van der Waals surface area contributed by atoms with Gasteiger partial charge in [0.2, 0.25) is 11.6 Å². The van der Waals surface area contributed by atoms with Crippen molar-refractivity contribution in [2.45, 2.75) is 25.7 Å². The van der Waals surface area contributed by atoms with Crippen molar-refractivity contribution in [3.05, 3.63) is 69.3 Å². The number of aliphatic imine (C=N–C) groups is 1. The lowest BCUT2D eigenvalue weighted by atomic mass is 10.1. The molecular formula is C19H17F4N3O2. The zero-order valence-corrected chi connectivity index (χ0v) is 14.8. The summed E-state index contributed by atoms with van der Waals surface area (Å²) < 4.78 is 56.6. The molecule has 9 heteroatoms. The number of piperidine rings is 1. The number of benzene rings is 2. The Morgan fingerprint density at radius 3 is 2.07 bits per heavy atom. The highest BCUT2D eigenvalue weighted by Crippen LogP contribution is 2.35. The zero-order valence-electron chi connectivity index (χ0n) is 14.8. The average molecular weight is 395 g/mol. The summed E-state index contributed by atoms with van der Waals surface area (Å²) >= 11 is 0. The molecule has 0 saturated carbocycles. The summed E-state index contributed by atoms with van der Waals surface area (Å²) in [6.45, 7) is 1.18. The highest BCUT2D eigenvalue weighted by molar-refractivity contribution is 5.87. The molecule has 0 bridgehead atoms. The number of nitro groups is 1. The summed E-state index contributed by atoms with van der Waals surface area (Å²) in [6.07, 6.45) is 2.89. The van der Waals surface area contributed by atoms with Crippen LogP contribution in [0, 0.1) is 33.4 Å². The van der Waals surface area contributed by atoms with Crippen molar-refractivity contribution in [1.82, 2.24) is 4.90 Å². The van der Waals surface area contributed by atoms with Gasteiger partial charge in [0.25, 0.3) is 0 Å². The van der Waals surface area contributed by atoms with E-state index < -0.39 is 39.6 Å². The van der Waals surface area contributed by atoms with Crippen LogP contribution in [0.25, 0.3) is 0 Å². The second-order valence-corrected chi connectivity index (χ2v) is 6.45. The van der Waals surface area contributed by atoms with E-state index >= 15 is 0 Å². The smallest absolute Gasteiger partial charge is 0.346 e. The predicted octanol–water partition coefficient (Wildman–Crippen LogP) is 4.91. The molecule has 1 aliphatic rings. The number of hydrogen-bond donors (Lipinski definition) is 0. The lowest BCUT2D eigenvalue weighted by Crippen LogP contribution is -2.36. The van der Waals surface area contributed by atoms with E-state index in [4.69, 9.17) is 0 Å². The summed E-state index contributed by atoms with van der Waals surface area (Å²) in [5.41, 5.74) is -2.26. The van der Waals surface area contributed by atoms with E-state index in [1.807, 2.05) is 11.0 Å². The maximum absolute atomic E-state index is 14.3. The molecule has 0 radical (unpaired) electrons. The van der Waals surface area contributed by atoms with Crippen LogP contribution in [0.1, 0.15) is 24.8 Å².